The molecule has 0 amide bonds. The lowest BCUT2D eigenvalue weighted by Crippen LogP contribution is -2.03. The van der Waals surface area contributed by atoms with Crippen LogP contribution < -0.4 is 5.43 Å². The number of anilines is 1. The van der Waals surface area contributed by atoms with Gasteiger partial charge in [-0.15, -0.1) is 28.3 Å². The lowest BCUT2D eigenvalue weighted by atomic mass is 10.1. The Morgan fingerprint density at radius 3 is 2.58 bits per heavy atom. The van der Waals surface area contributed by atoms with Gasteiger partial charge in [-0.1, -0.05) is 19.1 Å². The summed E-state index contributed by atoms with van der Waals surface area (Å²) in [6, 6.07) is 13.8. The molecule has 0 aliphatic carbocycles. The molecule has 0 spiro atoms. The average molecular weight is 456 g/mol. The van der Waals surface area contributed by atoms with Crippen LogP contribution in [0.15, 0.2) is 58.5 Å². The average Bonchev–Trinajstić information content (AvgIpc) is 2.96. The van der Waals surface area contributed by atoms with E-state index in [0.29, 0.717) is 5.69 Å². The summed E-state index contributed by atoms with van der Waals surface area (Å²) in [5, 5.41) is 5.24. The van der Waals surface area contributed by atoms with Crippen LogP contribution in [-0.4, -0.2) is 24.2 Å². The molecule has 3 aromatic rings. The summed E-state index contributed by atoms with van der Waals surface area (Å²) in [7, 11) is -4.17. The first-order chi connectivity index (χ1) is 11.9. The molecular formula is C17H18BrN3O3S2. The maximum absolute atomic E-state index is 11.0. The van der Waals surface area contributed by atoms with Crippen LogP contribution in [0.5, 0.6) is 0 Å². The van der Waals surface area contributed by atoms with Gasteiger partial charge in [0.05, 0.1) is 25.8 Å². The molecule has 1 unspecified atom stereocenters. The van der Waals surface area contributed by atoms with Gasteiger partial charge in [-0.2, -0.15) is 13.5 Å². The molecule has 0 bridgehead atoms. The third-order valence-electron chi connectivity index (χ3n) is 3.51. The maximum atomic E-state index is 11.0. The Morgan fingerprint density at radius 1 is 1.23 bits per heavy atom. The van der Waals surface area contributed by atoms with Crippen molar-refractivity contribution in [2.24, 2.45) is 11.0 Å². The highest BCUT2D eigenvalue weighted by atomic mass is 79.9. The molecule has 0 saturated carbocycles. The van der Waals surface area contributed by atoms with E-state index in [1.807, 2.05) is 18.2 Å². The number of aromatic nitrogens is 1. The van der Waals surface area contributed by atoms with Crippen molar-refractivity contribution in [2.75, 3.05) is 5.43 Å². The van der Waals surface area contributed by atoms with Gasteiger partial charge >= 0.3 is 0 Å². The van der Waals surface area contributed by atoms with E-state index in [9.17, 15) is 8.42 Å². The van der Waals surface area contributed by atoms with Gasteiger partial charge in [-0.3, -0.25) is 9.98 Å². The summed E-state index contributed by atoms with van der Waals surface area (Å²) in [6.45, 7) is 2.05. The van der Waals surface area contributed by atoms with Crippen LogP contribution in [0.4, 0.5) is 5.69 Å². The third kappa shape index (κ3) is 5.34. The van der Waals surface area contributed by atoms with Gasteiger partial charge in [0, 0.05) is 12.6 Å². The van der Waals surface area contributed by atoms with Gasteiger partial charge in [0.1, 0.15) is 0 Å². The fourth-order valence-electron chi connectivity index (χ4n) is 2.28. The van der Waals surface area contributed by atoms with E-state index in [0.717, 1.165) is 16.9 Å². The van der Waals surface area contributed by atoms with Gasteiger partial charge in [0.15, 0.2) is 0 Å². The number of thiazole rings is 1. The van der Waals surface area contributed by atoms with Crippen LogP contribution >= 0.6 is 28.3 Å². The fourth-order valence-corrected chi connectivity index (χ4v) is 3.86. The van der Waals surface area contributed by atoms with Gasteiger partial charge < -0.3 is 0 Å². The number of nitrogens with one attached hydrogen (secondary N) is 1. The minimum atomic E-state index is -4.17. The van der Waals surface area contributed by atoms with E-state index in [-0.39, 0.29) is 27.8 Å². The standard InChI is InChI=1S/C17H17N3O3S2.BrH/c1-12(10-17-19-15-4-2-3-5-16(15)24-17)11-18-20-13-6-8-14(9-7-13)25(21,22)23;/h2-9,11-12,20H,10H2,1H3,(H,21,22,23);1H. The highest BCUT2D eigenvalue weighted by molar-refractivity contribution is 8.93. The number of benzene rings is 2. The highest BCUT2D eigenvalue weighted by Gasteiger charge is 2.09. The second-order valence-corrected chi connectivity index (χ2v) is 8.18. The number of nitrogens with zero attached hydrogens (tertiary/aromatic N) is 2. The van der Waals surface area contributed by atoms with Crippen LogP contribution in [0.3, 0.4) is 0 Å². The monoisotopic (exact) mass is 455 g/mol. The summed E-state index contributed by atoms with van der Waals surface area (Å²) in [4.78, 5) is 4.46. The Balaban J connectivity index is 0.00000243. The maximum Gasteiger partial charge on any atom is 0.294 e. The molecule has 9 heteroatoms. The number of fused-ring (bicyclic) bond motifs is 1. The molecule has 1 aromatic heterocycles. The van der Waals surface area contributed by atoms with E-state index >= 15 is 0 Å². The van der Waals surface area contributed by atoms with Gasteiger partial charge in [-0.25, -0.2) is 4.98 Å². The van der Waals surface area contributed by atoms with Crippen molar-refractivity contribution in [3.63, 3.8) is 0 Å². The minimum Gasteiger partial charge on any atom is -0.282 e. The van der Waals surface area contributed by atoms with Gasteiger partial charge in [-0.05, 0) is 42.3 Å². The Labute approximate surface area is 166 Å². The van der Waals surface area contributed by atoms with Crippen molar-refractivity contribution in [1.82, 2.24) is 4.98 Å². The van der Waals surface area contributed by atoms with E-state index in [1.165, 1.54) is 16.8 Å². The molecule has 26 heavy (non-hydrogen) atoms. The topological polar surface area (TPSA) is 91.7 Å². The Morgan fingerprint density at radius 2 is 1.92 bits per heavy atom. The van der Waals surface area contributed by atoms with E-state index < -0.39 is 10.1 Å². The molecule has 0 aliphatic rings. The van der Waals surface area contributed by atoms with E-state index in [2.05, 4.69) is 28.5 Å². The predicted molar refractivity (Wildman–Crippen MR) is 111 cm³/mol. The number of para-hydroxylation sites is 1. The molecule has 2 N–H and O–H groups in total. The summed E-state index contributed by atoms with van der Waals surface area (Å²) < 4.78 is 32.1. The second kappa shape index (κ2) is 8.72. The lowest BCUT2D eigenvalue weighted by molar-refractivity contribution is 0.483. The summed E-state index contributed by atoms with van der Waals surface area (Å²) >= 11 is 1.69. The number of hydrazone groups is 1. The van der Waals surface area contributed by atoms with Crippen LogP contribution in [0.1, 0.15) is 11.9 Å². The zero-order valence-corrected chi connectivity index (χ0v) is 17.2. The first kappa shape index (κ1) is 20.5. The van der Waals surface area contributed by atoms with Crippen LogP contribution in [0.25, 0.3) is 10.2 Å². The summed E-state index contributed by atoms with van der Waals surface area (Å²) in [6.07, 6.45) is 2.59. The van der Waals surface area contributed by atoms with Crippen LogP contribution in [-0.2, 0) is 16.5 Å². The quantitative estimate of drug-likeness (QED) is 0.326. The molecule has 1 atom stereocenters. The van der Waals surface area contributed by atoms with Crippen molar-refractivity contribution in [1.29, 1.82) is 0 Å². The second-order valence-electron chi connectivity index (χ2n) is 5.65. The number of hydrogen-bond acceptors (Lipinski definition) is 6. The van der Waals surface area contributed by atoms with Crippen molar-refractivity contribution in [2.45, 2.75) is 18.2 Å². The Kier molecular flexibility index (Phi) is 6.87. The highest BCUT2D eigenvalue weighted by Crippen LogP contribution is 2.23. The summed E-state index contributed by atoms with van der Waals surface area (Å²) in [5.74, 6) is 0.199. The van der Waals surface area contributed by atoms with E-state index in [1.54, 1.807) is 29.7 Å². The smallest absolute Gasteiger partial charge is 0.282 e. The van der Waals surface area contributed by atoms with Crippen molar-refractivity contribution in [3.8, 4) is 0 Å². The largest absolute Gasteiger partial charge is 0.294 e. The van der Waals surface area contributed by atoms with Crippen LogP contribution in [0, 0.1) is 5.92 Å². The van der Waals surface area contributed by atoms with Crippen LogP contribution in [0.2, 0.25) is 0 Å². The van der Waals surface area contributed by atoms with Crippen molar-refractivity contribution >= 4 is 60.6 Å². The van der Waals surface area contributed by atoms with Gasteiger partial charge in [0.2, 0.25) is 0 Å². The number of hydrogen-bond donors (Lipinski definition) is 2. The molecule has 0 radical (unpaired) electrons. The third-order valence-corrected chi connectivity index (χ3v) is 5.44. The molecule has 138 valence electrons. The Bertz CT molecular complexity index is 969. The summed E-state index contributed by atoms with van der Waals surface area (Å²) in [5.41, 5.74) is 4.49. The molecular weight excluding hydrogens is 438 g/mol. The van der Waals surface area contributed by atoms with Crippen molar-refractivity contribution in [3.05, 3.63) is 53.5 Å². The fraction of sp³-hybridized carbons (Fsp3) is 0.176. The van der Waals surface area contributed by atoms with Gasteiger partial charge in [0.25, 0.3) is 10.1 Å². The normalized spacial score (nSPS) is 12.8. The Hall–Kier alpha value is -1.81. The van der Waals surface area contributed by atoms with E-state index in [4.69, 9.17) is 4.55 Å². The number of rotatable bonds is 6. The first-order valence-electron chi connectivity index (χ1n) is 7.63. The molecule has 0 saturated heterocycles. The zero-order valence-electron chi connectivity index (χ0n) is 13.9. The SMILES string of the molecule is Br.CC(C=NNc1ccc(S(=O)(=O)O)cc1)Cc1nc2ccccc2s1. The molecule has 6 nitrogen and oxygen atoms in total. The molecule has 2 aromatic carbocycles. The lowest BCUT2D eigenvalue weighted by Gasteiger charge is -2.04. The molecule has 0 aliphatic heterocycles. The molecule has 0 fully saturated rings. The molecule has 3 rings (SSSR count). The van der Waals surface area contributed by atoms with Crippen molar-refractivity contribution < 1.29 is 13.0 Å². The first-order valence-corrected chi connectivity index (χ1v) is 9.89. The zero-order chi connectivity index (χ0) is 17.9. The molecule has 1 heterocycles. The minimum absolute atomic E-state index is 0. The predicted octanol–water partition coefficient (Wildman–Crippen LogP) is 4.40. The number of halogens is 1.